The fourth-order valence-corrected chi connectivity index (χ4v) is 1.17. The van der Waals surface area contributed by atoms with Gasteiger partial charge in [0.05, 0.1) is 5.92 Å². The molecule has 0 bridgehead atoms. The average Bonchev–Trinajstić information content (AvgIpc) is 2.27. The first-order chi connectivity index (χ1) is 7.59. The van der Waals surface area contributed by atoms with Gasteiger partial charge in [0, 0.05) is 0 Å². The van der Waals surface area contributed by atoms with Crippen LogP contribution in [0.25, 0.3) is 6.08 Å². The molecule has 1 rings (SSSR count). The van der Waals surface area contributed by atoms with Crippen molar-refractivity contribution in [3.63, 3.8) is 0 Å². The number of carbonyl (C=O) groups is 1. The molecule has 1 aromatic carbocycles. The molecular weight excluding hydrogens is 200 g/mol. The molecule has 16 heavy (non-hydrogen) atoms. The number of hydrogen-bond donors (Lipinski definition) is 0. The Balaban J connectivity index is 2.49. The van der Waals surface area contributed by atoms with Gasteiger partial charge in [-0.15, -0.1) is 0 Å². The lowest BCUT2D eigenvalue weighted by Crippen LogP contribution is -2.17. The summed E-state index contributed by atoms with van der Waals surface area (Å²) in [5, 5.41) is 0. The van der Waals surface area contributed by atoms with Crippen LogP contribution in [0.4, 0.5) is 0 Å². The third-order valence-corrected chi connectivity index (χ3v) is 2.13. The fourth-order valence-electron chi connectivity index (χ4n) is 1.17. The summed E-state index contributed by atoms with van der Waals surface area (Å²) in [5.74, 6) is -0.238. The molecule has 1 atom stereocenters. The predicted molar refractivity (Wildman–Crippen MR) is 65.9 cm³/mol. The molecule has 0 amide bonds. The van der Waals surface area contributed by atoms with Crippen LogP contribution in [0.2, 0.25) is 0 Å². The second-order valence-electron chi connectivity index (χ2n) is 4.07. The molecule has 0 N–H and O–H groups in total. The lowest BCUT2D eigenvalue weighted by Gasteiger charge is -2.10. The largest absolute Gasteiger partial charge is 0.458 e. The summed E-state index contributed by atoms with van der Waals surface area (Å²) in [5.41, 5.74) is 1.11. The normalized spacial score (nSPS) is 13.0. The van der Waals surface area contributed by atoms with Crippen LogP contribution in [0.3, 0.4) is 0 Å². The first kappa shape index (κ1) is 12.5. The van der Waals surface area contributed by atoms with Crippen molar-refractivity contribution in [2.75, 3.05) is 0 Å². The van der Waals surface area contributed by atoms with Crippen LogP contribution < -0.4 is 0 Å². The number of rotatable bonds is 4. The van der Waals surface area contributed by atoms with E-state index in [1.54, 1.807) is 0 Å². The quantitative estimate of drug-likeness (QED) is 0.725. The van der Waals surface area contributed by atoms with E-state index in [1.165, 1.54) is 0 Å². The van der Waals surface area contributed by atoms with Crippen molar-refractivity contribution in [1.82, 2.24) is 0 Å². The van der Waals surface area contributed by atoms with E-state index in [0.717, 1.165) is 5.56 Å². The van der Waals surface area contributed by atoms with Crippen LogP contribution in [-0.2, 0) is 9.53 Å². The minimum Gasteiger partial charge on any atom is -0.458 e. The molecule has 0 heterocycles. The number of hydrogen-bond acceptors (Lipinski definition) is 2. The van der Waals surface area contributed by atoms with E-state index in [4.69, 9.17) is 4.74 Å². The standard InChI is InChI=1S/C14H18O2/c1-11(2)14(15)16-12(3)9-10-13-7-5-4-6-8-13/h4-12H,1-3H3/b10-9-/t12-/m0/s1. The highest BCUT2D eigenvalue weighted by Crippen LogP contribution is 2.05. The maximum absolute atomic E-state index is 11.3. The number of esters is 1. The topological polar surface area (TPSA) is 26.3 Å². The first-order valence-electron chi connectivity index (χ1n) is 5.53. The molecule has 0 spiro atoms. The summed E-state index contributed by atoms with van der Waals surface area (Å²) in [6, 6.07) is 9.94. The van der Waals surface area contributed by atoms with Crippen molar-refractivity contribution < 1.29 is 9.53 Å². The SMILES string of the molecule is CC(C)C(=O)O[C@@H](C)/C=C\c1ccccc1. The molecule has 2 nitrogen and oxygen atoms in total. The summed E-state index contributed by atoms with van der Waals surface area (Å²) in [4.78, 5) is 11.3. The van der Waals surface area contributed by atoms with E-state index in [-0.39, 0.29) is 18.0 Å². The Hall–Kier alpha value is -1.57. The van der Waals surface area contributed by atoms with Crippen LogP contribution in [0.1, 0.15) is 26.3 Å². The van der Waals surface area contributed by atoms with Gasteiger partial charge in [-0.25, -0.2) is 0 Å². The molecule has 0 fully saturated rings. The molecule has 2 heteroatoms. The number of benzene rings is 1. The second-order valence-corrected chi connectivity index (χ2v) is 4.07. The molecule has 0 aliphatic heterocycles. The lowest BCUT2D eigenvalue weighted by atomic mass is 10.2. The minimum absolute atomic E-state index is 0.0763. The van der Waals surface area contributed by atoms with Gasteiger partial charge in [0.2, 0.25) is 0 Å². The van der Waals surface area contributed by atoms with Gasteiger partial charge < -0.3 is 4.74 Å². The Morgan fingerprint density at radius 3 is 2.38 bits per heavy atom. The van der Waals surface area contributed by atoms with Crippen LogP contribution in [0.5, 0.6) is 0 Å². The summed E-state index contributed by atoms with van der Waals surface area (Å²) >= 11 is 0. The summed E-state index contributed by atoms with van der Waals surface area (Å²) in [6.07, 6.45) is 3.66. The average molecular weight is 218 g/mol. The third-order valence-electron chi connectivity index (χ3n) is 2.13. The Bertz CT molecular complexity index is 352. The van der Waals surface area contributed by atoms with Gasteiger partial charge in [0.1, 0.15) is 6.10 Å². The van der Waals surface area contributed by atoms with Gasteiger partial charge >= 0.3 is 5.97 Å². The van der Waals surface area contributed by atoms with Crippen molar-refractivity contribution in [2.45, 2.75) is 26.9 Å². The molecule has 0 aliphatic carbocycles. The maximum atomic E-state index is 11.3. The molecule has 1 aromatic rings. The molecular formula is C14H18O2. The molecule has 0 unspecified atom stereocenters. The van der Waals surface area contributed by atoms with Crippen LogP contribution in [0.15, 0.2) is 36.4 Å². The molecule has 0 saturated carbocycles. The monoisotopic (exact) mass is 218 g/mol. The highest BCUT2D eigenvalue weighted by molar-refractivity contribution is 5.72. The lowest BCUT2D eigenvalue weighted by molar-refractivity contribution is -0.149. The summed E-state index contributed by atoms with van der Waals surface area (Å²) in [7, 11) is 0. The summed E-state index contributed by atoms with van der Waals surface area (Å²) in [6.45, 7) is 5.52. The van der Waals surface area contributed by atoms with Crippen LogP contribution >= 0.6 is 0 Å². The van der Waals surface area contributed by atoms with E-state index >= 15 is 0 Å². The first-order valence-corrected chi connectivity index (χ1v) is 5.53. The van der Waals surface area contributed by atoms with Crippen molar-refractivity contribution in [3.8, 4) is 0 Å². The van der Waals surface area contributed by atoms with Crippen molar-refractivity contribution >= 4 is 12.0 Å². The molecule has 86 valence electrons. The second kappa shape index (κ2) is 6.11. The van der Waals surface area contributed by atoms with Crippen LogP contribution in [-0.4, -0.2) is 12.1 Å². The minimum atomic E-state index is -0.185. The highest BCUT2D eigenvalue weighted by Gasteiger charge is 2.10. The molecule has 0 aromatic heterocycles. The molecule has 0 saturated heterocycles. The molecule has 0 radical (unpaired) electrons. The Morgan fingerprint density at radius 1 is 1.19 bits per heavy atom. The number of ether oxygens (including phenoxy) is 1. The zero-order valence-corrected chi connectivity index (χ0v) is 10.0. The smallest absolute Gasteiger partial charge is 0.308 e. The van der Waals surface area contributed by atoms with E-state index in [1.807, 2.05) is 63.3 Å². The third kappa shape index (κ3) is 4.30. The van der Waals surface area contributed by atoms with Crippen molar-refractivity contribution in [1.29, 1.82) is 0 Å². The van der Waals surface area contributed by atoms with Gasteiger partial charge in [-0.3, -0.25) is 4.79 Å². The van der Waals surface area contributed by atoms with E-state index in [2.05, 4.69) is 0 Å². The van der Waals surface area contributed by atoms with E-state index in [9.17, 15) is 4.79 Å². The van der Waals surface area contributed by atoms with Crippen molar-refractivity contribution in [3.05, 3.63) is 42.0 Å². The summed E-state index contributed by atoms with van der Waals surface area (Å²) < 4.78 is 5.21. The Labute approximate surface area is 96.9 Å². The van der Waals surface area contributed by atoms with Gasteiger partial charge in [0.15, 0.2) is 0 Å². The Morgan fingerprint density at radius 2 is 1.81 bits per heavy atom. The van der Waals surface area contributed by atoms with Gasteiger partial charge in [-0.2, -0.15) is 0 Å². The predicted octanol–water partition coefficient (Wildman–Crippen LogP) is 3.29. The van der Waals surface area contributed by atoms with Gasteiger partial charge in [-0.1, -0.05) is 50.3 Å². The zero-order valence-electron chi connectivity index (χ0n) is 10.0. The highest BCUT2D eigenvalue weighted by atomic mass is 16.5. The zero-order chi connectivity index (χ0) is 12.0. The van der Waals surface area contributed by atoms with E-state index in [0.29, 0.717) is 0 Å². The van der Waals surface area contributed by atoms with Gasteiger partial charge in [0.25, 0.3) is 0 Å². The van der Waals surface area contributed by atoms with E-state index < -0.39 is 0 Å². The van der Waals surface area contributed by atoms with Crippen molar-refractivity contribution in [2.24, 2.45) is 5.92 Å². The van der Waals surface area contributed by atoms with Crippen LogP contribution in [0, 0.1) is 5.92 Å². The molecule has 0 aliphatic rings. The number of carbonyl (C=O) groups excluding carboxylic acids is 1. The van der Waals surface area contributed by atoms with Gasteiger partial charge in [-0.05, 0) is 18.6 Å². The fraction of sp³-hybridized carbons (Fsp3) is 0.357. The Kier molecular flexibility index (Phi) is 4.77. The maximum Gasteiger partial charge on any atom is 0.308 e.